The number of hydrogen-bond donors (Lipinski definition) is 1. The number of imidazole rings is 1. The molecule has 2 aromatic heterocycles. The summed E-state index contributed by atoms with van der Waals surface area (Å²) in [6.07, 6.45) is 6.94. The van der Waals surface area contributed by atoms with E-state index in [2.05, 4.69) is 9.71 Å². The largest absolute Gasteiger partial charge is 0.337 e. The standard InChI is InChI=1S/C12H14N4O2S2/c13-9-11-3-4-12(19-11)20(17,18)15-5-1-2-7-16-8-6-14-10-16/h3-4,6,8,10,15H,1-2,5,7H2. The smallest absolute Gasteiger partial charge is 0.250 e. The van der Waals surface area contributed by atoms with Crippen molar-refractivity contribution in [3.63, 3.8) is 0 Å². The van der Waals surface area contributed by atoms with E-state index in [9.17, 15) is 8.42 Å². The molecule has 8 heteroatoms. The monoisotopic (exact) mass is 310 g/mol. The molecule has 0 spiro atoms. The third kappa shape index (κ3) is 3.90. The van der Waals surface area contributed by atoms with Crippen molar-refractivity contribution in [1.82, 2.24) is 14.3 Å². The van der Waals surface area contributed by atoms with Gasteiger partial charge in [-0.25, -0.2) is 18.1 Å². The van der Waals surface area contributed by atoms with Gasteiger partial charge < -0.3 is 4.57 Å². The zero-order chi connectivity index (χ0) is 14.4. The number of thiophene rings is 1. The highest BCUT2D eigenvalue weighted by molar-refractivity contribution is 7.91. The molecule has 1 N–H and O–H groups in total. The molecule has 106 valence electrons. The molecule has 0 fully saturated rings. The first kappa shape index (κ1) is 14.7. The highest BCUT2D eigenvalue weighted by atomic mass is 32.2. The normalized spacial score (nSPS) is 11.3. The van der Waals surface area contributed by atoms with Crippen LogP contribution in [0.5, 0.6) is 0 Å². The molecule has 20 heavy (non-hydrogen) atoms. The molecule has 0 amide bonds. The van der Waals surface area contributed by atoms with Crippen molar-refractivity contribution in [2.75, 3.05) is 6.54 Å². The van der Waals surface area contributed by atoms with E-state index in [0.29, 0.717) is 11.4 Å². The minimum absolute atomic E-state index is 0.184. The van der Waals surface area contributed by atoms with Crippen molar-refractivity contribution in [3.8, 4) is 6.07 Å². The van der Waals surface area contributed by atoms with Crippen LogP contribution in [0, 0.1) is 11.3 Å². The van der Waals surface area contributed by atoms with E-state index in [0.717, 1.165) is 30.7 Å². The Balaban J connectivity index is 1.77. The fourth-order valence-corrected chi connectivity index (χ4v) is 3.86. The first-order valence-corrected chi connectivity index (χ1v) is 8.37. The number of aryl methyl sites for hydroxylation is 1. The quantitative estimate of drug-likeness (QED) is 0.786. The van der Waals surface area contributed by atoms with Crippen molar-refractivity contribution < 1.29 is 8.42 Å². The predicted molar refractivity (Wildman–Crippen MR) is 75.7 cm³/mol. The minimum atomic E-state index is -3.49. The van der Waals surface area contributed by atoms with Crippen LogP contribution in [0.2, 0.25) is 0 Å². The number of nitriles is 1. The predicted octanol–water partition coefficient (Wildman–Crippen LogP) is 1.57. The number of nitrogens with zero attached hydrogens (tertiary/aromatic N) is 3. The second kappa shape index (κ2) is 6.65. The molecule has 0 aromatic carbocycles. The average Bonchev–Trinajstić information content (AvgIpc) is 3.09. The van der Waals surface area contributed by atoms with E-state index in [1.165, 1.54) is 12.1 Å². The molecule has 0 atom stereocenters. The summed E-state index contributed by atoms with van der Waals surface area (Å²) in [6.45, 7) is 1.20. The maximum absolute atomic E-state index is 11.9. The van der Waals surface area contributed by atoms with Crippen LogP contribution in [0.4, 0.5) is 0 Å². The van der Waals surface area contributed by atoms with Gasteiger partial charge in [0.25, 0.3) is 0 Å². The molecular formula is C12H14N4O2S2. The van der Waals surface area contributed by atoms with Gasteiger partial charge in [0.2, 0.25) is 10.0 Å². The van der Waals surface area contributed by atoms with E-state index in [1.807, 2.05) is 16.8 Å². The summed E-state index contributed by atoms with van der Waals surface area (Å²) in [7, 11) is -3.49. The second-order valence-electron chi connectivity index (χ2n) is 4.14. The molecule has 0 saturated carbocycles. The molecule has 0 aliphatic heterocycles. The fraction of sp³-hybridized carbons (Fsp3) is 0.333. The minimum Gasteiger partial charge on any atom is -0.337 e. The van der Waals surface area contributed by atoms with E-state index in [-0.39, 0.29) is 4.21 Å². The zero-order valence-electron chi connectivity index (χ0n) is 10.7. The SMILES string of the molecule is N#Cc1ccc(S(=O)(=O)NCCCCn2ccnc2)s1. The third-order valence-corrected chi connectivity index (χ3v) is 5.59. The van der Waals surface area contributed by atoms with Gasteiger partial charge >= 0.3 is 0 Å². The molecule has 2 rings (SSSR count). The summed E-state index contributed by atoms with van der Waals surface area (Å²) in [5, 5.41) is 8.69. The van der Waals surface area contributed by atoms with E-state index in [4.69, 9.17) is 5.26 Å². The van der Waals surface area contributed by atoms with Crippen molar-refractivity contribution in [2.24, 2.45) is 0 Å². The molecule has 0 unspecified atom stereocenters. The summed E-state index contributed by atoms with van der Waals surface area (Å²) < 4.78 is 28.5. The lowest BCUT2D eigenvalue weighted by Gasteiger charge is -2.05. The molecule has 0 aliphatic rings. The topological polar surface area (TPSA) is 87.8 Å². The van der Waals surface area contributed by atoms with Gasteiger partial charge in [-0.3, -0.25) is 0 Å². The Kier molecular flexibility index (Phi) is 4.89. The second-order valence-corrected chi connectivity index (χ2v) is 7.21. The maximum atomic E-state index is 11.9. The molecule has 6 nitrogen and oxygen atoms in total. The lowest BCUT2D eigenvalue weighted by molar-refractivity contribution is 0.567. The summed E-state index contributed by atoms with van der Waals surface area (Å²) >= 11 is 0.978. The molecule has 0 aliphatic carbocycles. The highest BCUT2D eigenvalue weighted by Crippen LogP contribution is 2.20. The van der Waals surface area contributed by atoms with Gasteiger partial charge in [0.15, 0.2) is 0 Å². The molecule has 2 aromatic rings. The number of unbranched alkanes of at least 4 members (excludes halogenated alkanes) is 1. The van der Waals surface area contributed by atoms with Crippen molar-refractivity contribution in [1.29, 1.82) is 5.26 Å². The van der Waals surface area contributed by atoms with Crippen molar-refractivity contribution in [3.05, 3.63) is 35.7 Å². The molecule has 0 saturated heterocycles. The Hall–Kier alpha value is -1.69. The van der Waals surface area contributed by atoms with Crippen LogP contribution in [-0.4, -0.2) is 24.5 Å². The number of aromatic nitrogens is 2. The summed E-state index contributed by atoms with van der Waals surface area (Å²) in [4.78, 5) is 4.33. The van der Waals surface area contributed by atoms with Gasteiger partial charge in [0.1, 0.15) is 15.2 Å². The summed E-state index contributed by atoms with van der Waals surface area (Å²) in [6, 6.07) is 4.90. The number of rotatable bonds is 7. The van der Waals surface area contributed by atoms with Crippen molar-refractivity contribution >= 4 is 21.4 Å². The lowest BCUT2D eigenvalue weighted by atomic mass is 10.3. The first-order chi connectivity index (χ1) is 9.62. The molecule has 0 bridgehead atoms. The number of nitrogens with one attached hydrogen (secondary N) is 1. The fourth-order valence-electron chi connectivity index (χ4n) is 1.64. The highest BCUT2D eigenvalue weighted by Gasteiger charge is 2.15. The Morgan fingerprint density at radius 2 is 2.25 bits per heavy atom. The van der Waals surface area contributed by atoms with Gasteiger partial charge in [-0.2, -0.15) is 5.26 Å². The van der Waals surface area contributed by atoms with Crippen LogP contribution >= 0.6 is 11.3 Å². The van der Waals surface area contributed by atoms with Crippen LogP contribution in [0.3, 0.4) is 0 Å². The summed E-state index contributed by atoms with van der Waals surface area (Å²) in [5.74, 6) is 0. The van der Waals surface area contributed by atoms with E-state index < -0.39 is 10.0 Å². The van der Waals surface area contributed by atoms with Crippen LogP contribution < -0.4 is 4.72 Å². The van der Waals surface area contributed by atoms with Gasteiger partial charge in [0, 0.05) is 25.5 Å². The molecular weight excluding hydrogens is 296 g/mol. The number of sulfonamides is 1. The molecule has 2 heterocycles. The average molecular weight is 310 g/mol. The Morgan fingerprint density at radius 1 is 1.40 bits per heavy atom. The van der Waals surface area contributed by atoms with Gasteiger partial charge in [-0.05, 0) is 25.0 Å². The zero-order valence-corrected chi connectivity index (χ0v) is 12.3. The number of hydrogen-bond acceptors (Lipinski definition) is 5. The third-order valence-electron chi connectivity index (χ3n) is 2.65. The van der Waals surface area contributed by atoms with Crippen LogP contribution in [0.1, 0.15) is 17.7 Å². The summed E-state index contributed by atoms with van der Waals surface area (Å²) in [5.41, 5.74) is 0. The van der Waals surface area contributed by atoms with E-state index in [1.54, 1.807) is 12.5 Å². The van der Waals surface area contributed by atoms with Crippen LogP contribution in [0.25, 0.3) is 0 Å². The van der Waals surface area contributed by atoms with Gasteiger partial charge in [0.05, 0.1) is 6.33 Å². The van der Waals surface area contributed by atoms with Crippen molar-refractivity contribution in [2.45, 2.75) is 23.6 Å². The Morgan fingerprint density at radius 3 is 2.90 bits per heavy atom. The Labute approximate surface area is 121 Å². The van der Waals surface area contributed by atoms with E-state index >= 15 is 0 Å². The van der Waals surface area contributed by atoms with Crippen LogP contribution in [-0.2, 0) is 16.6 Å². The first-order valence-electron chi connectivity index (χ1n) is 6.07. The lowest BCUT2D eigenvalue weighted by Crippen LogP contribution is -2.24. The van der Waals surface area contributed by atoms with Gasteiger partial charge in [-0.15, -0.1) is 11.3 Å². The van der Waals surface area contributed by atoms with Crippen LogP contribution in [0.15, 0.2) is 35.1 Å². The molecule has 0 radical (unpaired) electrons. The Bertz CT molecular complexity index is 683. The van der Waals surface area contributed by atoms with Gasteiger partial charge in [-0.1, -0.05) is 0 Å². The maximum Gasteiger partial charge on any atom is 0.250 e.